The standard InChI is InChI=1S/C22H20N8O4S4/c1-3-34-27-13(16-26-22(23)38-28-16)17(31)25-14-19(32)30-15(21(33)35)11(8-37-20(14)30)18-24-12(9-36-18)10-4-6-29(2)7-5-10/h4-7,9,14,20H,3,8H2,1-2H3,(H3-,23,25,26,28,31,33,35)/b27-13-/t14-,20-/m1/s1. The molecule has 3 N–H and O–H groups in total. The molecule has 2 atom stereocenters. The van der Waals surface area contributed by atoms with Gasteiger partial charge in [0.2, 0.25) is 11.5 Å². The number of nitrogens with one attached hydrogen (secondary N) is 1. The largest absolute Gasteiger partial charge is 0.735 e. The van der Waals surface area contributed by atoms with E-state index in [1.165, 1.54) is 28.0 Å². The monoisotopic (exact) mass is 588 g/mol. The molecule has 2 aliphatic heterocycles. The van der Waals surface area contributed by atoms with Crippen molar-refractivity contribution in [1.29, 1.82) is 0 Å². The van der Waals surface area contributed by atoms with E-state index in [9.17, 15) is 14.4 Å². The number of nitrogens with two attached hydrogens (primary N) is 1. The maximum atomic E-state index is 13.2. The van der Waals surface area contributed by atoms with Crippen molar-refractivity contribution in [2.45, 2.75) is 18.3 Å². The Morgan fingerprint density at radius 2 is 2.11 bits per heavy atom. The van der Waals surface area contributed by atoms with Crippen molar-refractivity contribution in [3.05, 3.63) is 46.4 Å². The lowest BCUT2D eigenvalue weighted by atomic mass is 10.0. The molecule has 0 spiro atoms. The summed E-state index contributed by atoms with van der Waals surface area (Å²) >= 11 is 8.70. The summed E-state index contributed by atoms with van der Waals surface area (Å²) in [4.78, 5) is 53.8. The van der Waals surface area contributed by atoms with Crippen LogP contribution in [0.25, 0.3) is 16.8 Å². The minimum absolute atomic E-state index is 0.00581. The number of aryl methyl sites for hydroxylation is 1. The third-order valence-electron chi connectivity index (χ3n) is 5.64. The molecule has 5 rings (SSSR count). The number of hydrogen-bond acceptors (Lipinski definition) is 13. The summed E-state index contributed by atoms with van der Waals surface area (Å²) in [5, 5.41) is 7.96. The smallest absolute Gasteiger partial charge is 0.278 e. The summed E-state index contributed by atoms with van der Waals surface area (Å²) in [7, 11) is 1.93. The number of aromatic nitrogens is 4. The number of anilines is 1. The summed E-state index contributed by atoms with van der Waals surface area (Å²) in [6.45, 7) is 1.92. The Morgan fingerprint density at radius 3 is 2.76 bits per heavy atom. The Hall–Kier alpha value is -3.47. The summed E-state index contributed by atoms with van der Waals surface area (Å²) in [5.41, 5.74) is 7.86. The average Bonchev–Trinajstić information content (AvgIpc) is 3.56. The molecule has 0 saturated carbocycles. The molecule has 0 aromatic carbocycles. The van der Waals surface area contributed by atoms with Gasteiger partial charge in [0, 0.05) is 45.9 Å². The Kier molecular flexibility index (Phi) is 7.38. The van der Waals surface area contributed by atoms with E-state index in [-0.39, 0.29) is 29.0 Å². The number of rotatable bonds is 8. The van der Waals surface area contributed by atoms with Crippen molar-refractivity contribution < 1.29 is 23.8 Å². The zero-order chi connectivity index (χ0) is 27.0. The van der Waals surface area contributed by atoms with E-state index >= 15 is 0 Å². The Labute approximate surface area is 234 Å². The van der Waals surface area contributed by atoms with Gasteiger partial charge in [0.25, 0.3) is 11.8 Å². The first-order chi connectivity index (χ1) is 18.3. The van der Waals surface area contributed by atoms with E-state index < -0.39 is 28.3 Å². The van der Waals surface area contributed by atoms with Crippen LogP contribution in [0.4, 0.5) is 5.13 Å². The van der Waals surface area contributed by atoms with Crippen LogP contribution in [0.2, 0.25) is 0 Å². The second kappa shape index (κ2) is 10.7. The fraction of sp³-hybridized carbons (Fsp3) is 0.273. The second-order valence-corrected chi connectivity index (χ2v) is 11.2. The normalized spacial score (nSPS) is 19.2. The van der Waals surface area contributed by atoms with Crippen molar-refractivity contribution in [3.8, 4) is 11.3 Å². The molecule has 38 heavy (non-hydrogen) atoms. The third-order valence-corrected chi connectivity index (χ3v) is 8.56. The van der Waals surface area contributed by atoms with Crippen molar-refractivity contribution in [2.24, 2.45) is 12.2 Å². The first-order valence-electron chi connectivity index (χ1n) is 11.2. The summed E-state index contributed by atoms with van der Waals surface area (Å²) in [5.74, 6) is -0.778. The molecule has 5 heterocycles. The number of fused-ring (bicyclic) bond motifs is 1. The van der Waals surface area contributed by atoms with Crippen molar-refractivity contribution in [1.82, 2.24) is 24.6 Å². The molecule has 0 unspecified atom stereocenters. The highest BCUT2D eigenvalue weighted by Crippen LogP contribution is 2.44. The number of hydrogen-bond donors (Lipinski definition) is 2. The zero-order valence-electron chi connectivity index (χ0n) is 20.0. The molecule has 12 nitrogen and oxygen atoms in total. The predicted octanol–water partition coefficient (Wildman–Crippen LogP) is 0.694. The highest BCUT2D eigenvalue weighted by Gasteiger charge is 2.53. The number of thioether (sulfide) groups is 1. The van der Waals surface area contributed by atoms with E-state index in [0.29, 0.717) is 16.3 Å². The van der Waals surface area contributed by atoms with Crippen LogP contribution in [-0.2, 0) is 38.9 Å². The minimum Gasteiger partial charge on any atom is -0.735 e. The summed E-state index contributed by atoms with van der Waals surface area (Å²) in [6.07, 6.45) is 3.84. The van der Waals surface area contributed by atoms with Gasteiger partial charge >= 0.3 is 0 Å². The highest BCUT2D eigenvalue weighted by atomic mass is 32.2. The number of thiazole rings is 1. The van der Waals surface area contributed by atoms with Crippen LogP contribution in [0, 0.1) is 0 Å². The molecule has 1 saturated heterocycles. The van der Waals surface area contributed by atoms with Gasteiger partial charge in [0.15, 0.2) is 17.5 Å². The molecule has 2 amide bonds. The molecule has 0 radical (unpaired) electrons. The van der Waals surface area contributed by atoms with Crippen LogP contribution in [0.15, 0.2) is 40.8 Å². The molecule has 3 aromatic heterocycles. The SMILES string of the molecule is CCO/N=C(\C(=O)N[C@@H]1C(=O)N2C(C(=O)[S-])=C(c3nc(-c4cc[n+](C)cc4)cs3)CS[C@H]12)c1nsc(N)n1. The number of amides is 2. The Balaban J connectivity index is 1.38. The number of carbonyl (C=O) groups is 3. The van der Waals surface area contributed by atoms with Crippen LogP contribution in [0.1, 0.15) is 17.8 Å². The van der Waals surface area contributed by atoms with Crippen molar-refractivity contribution >= 4 is 80.6 Å². The summed E-state index contributed by atoms with van der Waals surface area (Å²) < 4.78 is 5.93. The summed E-state index contributed by atoms with van der Waals surface area (Å²) in [6, 6.07) is 2.99. The quantitative estimate of drug-likeness (QED) is 0.126. The van der Waals surface area contributed by atoms with E-state index in [4.69, 9.17) is 28.2 Å². The second-order valence-electron chi connectivity index (χ2n) is 8.08. The lowest BCUT2D eigenvalue weighted by molar-refractivity contribution is -0.671. The van der Waals surface area contributed by atoms with E-state index in [0.717, 1.165) is 22.8 Å². The number of pyridine rings is 1. The number of nitrogen functional groups attached to an aromatic ring is 1. The van der Waals surface area contributed by atoms with Gasteiger partial charge in [-0.3, -0.25) is 14.5 Å². The highest BCUT2D eigenvalue weighted by molar-refractivity contribution is 8.00. The third kappa shape index (κ3) is 4.87. The first kappa shape index (κ1) is 26.1. The fourth-order valence-electron chi connectivity index (χ4n) is 3.84. The maximum Gasteiger partial charge on any atom is 0.278 e. The molecule has 2 aliphatic rings. The fourth-order valence-corrected chi connectivity index (χ4v) is 6.81. The van der Waals surface area contributed by atoms with Crippen LogP contribution in [0.3, 0.4) is 0 Å². The molecule has 16 heteroatoms. The van der Waals surface area contributed by atoms with E-state index in [1.807, 2.05) is 41.5 Å². The van der Waals surface area contributed by atoms with Gasteiger partial charge in [0.1, 0.15) is 30.1 Å². The topological polar surface area (TPSA) is 157 Å². The number of oxime groups is 1. The minimum atomic E-state index is -0.905. The van der Waals surface area contributed by atoms with Gasteiger partial charge in [-0.25, -0.2) is 9.55 Å². The van der Waals surface area contributed by atoms with Crippen LogP contribution in [0.5, 0.6) is 0 Å². The van der Waals surface area contributed by atoms with Crippen LogP contribution in [-0.4, -0.2) is 65.7 Å². The lowest BCUT2D eigenvalue weighted by Crippen LogP contribution is -2.70. The predicted molar refractivity (Wildman–Crippen MR) is 146 cm³/mol. The molecule has 196 valence electrons. The van der Waals surface area contributed by atoms with Crippen molar-refractivity contribution in [2.75, 3.05) is 18.1 Å². The Bertz CT molecular complexity index is 1480. The molecule has 0 bridgehead atoms. The van der Waals surface area contributed by atoms with E-state index in [1.54, 1.807) is 6.92 Å². The van der Waals surface area contributed by atoms with E-state index in [2.05, 4.69) is 19.8 Å². The van der Waals surface area contributed by atoms with Gasteiger partial charge in [-0.2, -0.15) is 9.36 Å². The number of nitrogens with zero attached hydrogens (tertiary/aromatic N) is 6. The number of β-lactam (4-membered cyclic amide) rings is 1. The van der Waals surface area contributed by atoms with Crippen LogP contribution < -0.4 is 15.6 Å². The van der Waals surface area contributed by atoms with Crippen LogP contribution >= 0.6 is 34.6 Å². The molecule has 1 fully saturated rings. The van der Waals surface area contributed by atoms with Crippen molar-refractivity contribution in [3.63, 3.8) is 0 Å². The van der Waals surface area contributed by atoms with Gasteiger partial charge in [-0.15, -0.1) is 23.1 Å². The lowest BCUT2D eigenvalue weighted by Gasteiger charge is -2.50. The van der Waals surface area contributed by atoms with Gasteiger partial charge in [0.05, 0.1) is 16.5 Å². The van der Waals surface area contributed by atoms with Gasteiger partial charge < -0.3 is 33.3 Å². The number of carbonyl (C=O) groups excluding carboxylic acids is 3. The molecule has 0 aliphatic carbocycles. The zero-order valence-corrected chi connectivity index (χ0v) is 23.2. The molecule has 3 aromatic rings. The van der Waals surface area contributed by atoms with Gasteiger partial charge in [-0.1, -0.05) is 5.16 Å². The molecular formula is C22H20N8O4S4. The van der Waals surface area contributed by atoms with Gasteiger partial charge in [-0.05, 0) is 6.92 Å². The average molecular weight is 589 g/mol. The maximum absolute atomic E-state index is 13.2. The Morgan fingerprint density at radius 1 is 1.34 bits per heavy atom. The molecular weight excluding hydrogens is 569 g/mol. The first-order valence-corrected chi connectivity index (χ1v) is 14.3.